The summed E-state index contributed by atoms with van der Waals surface area (Å²) in [6.07, 6.45) is -1.29. The number of halogens is 4. The van der Waals surface area contributed by atoms with Crippen LogP contribution in [0.2, 0.25) is 0 Å². The molecule has 0 saturated carbocycles. The van der Waals surface area contributed by atoms with Crippen LogP contribution in [0, 0.1) is 6.92 Å². The molecule has 1 aliphatic rings. The summed E-state index contributed by atoms with van der Waals surface area (Å²) in [6.45, 7) is 4.71. The van der Waals surface area contributed by atoms with Crippen molar-refractivity contribution < 1.29 is 18.0 Å². The Morgan fingerprint density at radius 1 is 1.20 bits per heavy atom. The number of carbonyl (C=O) groups is 1. The molecular formula is C21H25ClF3N3O2. The summed E-state index contributed by atoms with van der Waals surface area (Å²) in [5, 5.41) is 5.80. The topological polar surface area (TPSA) is 63.1 Å². The van der Waals surface area contributed by atoms with Crippen LogP contribution in [0.1, 0.15) is 58.9 Å². The molecule has 5 nitrogen and oxygen atoms in total. The Bertz CT molecular complexity index is 953. The quantitative estimate of drug-likeness (QED) is 0.750. The molecule has 1 aromatic heterocycles. The zero-order valence-electron chi connectivity index (χ0n) is 16.8. The van der Waals surface area contributed by atoms with E-state index in [-0.39, 0.29) is 29.6 Å². The van der Waals surface area contributed by atoms with Crippen LogP contribution in [0.5, 0.6) is 0 Å². The van der Waals surface area contributed by atoms with Crippen molar-refractivity contribution >= 4 is 18.3 Å². The van der Waals surface area contributed by atoms with Gasteiger partial charge in [0.1, 0.15) is 5.56 Å². The van der Waals surface area contributed by atoms with Crippen molar-refractivity contribution in [1.29, 1.82) is 0 Å². The van der Waals surface area contributed by atoms with Crippen molar-refractivity contribution in [2.45, 2.75) is 44.9 Å². The number of pyridine rings is 1. The minimum atomic E-state index is -4.53. The molecule has 0 spiro atoms. The molecule has 2 N–H and O–H groups in total. The maximum absolute atomic E-state index is 13.3. The molecule has 0 bridgehead atoms. The Kier molecular flexibility index (Phi) is 7.71. The number of benzene rings is 1. The van der Waals surface area contributed by atoms with Crippen LogP contribution in [0.4, 0.5) is 13.2 Å². The number of nitrogens with one attached hydrogen (secondary N) is 2. The summed E-state index contributed by atoms with van der Waals surface area (Å²) in [7, 11) is 0. The molecule has 1 unspecified atom stereocenters. The third-order valence-electron chi connectivity index (χ3n) is 5.34. The van der Waals surface area contributed by atoms with Gasteiger partial charge in [0.15, 0.2) is 0 Å². The first-order valence-corrected chi connectivity index (χ1v) is 9.59. The van der Waals surface area contributed by atoms with Crippen LogP contribution in [0.3, 0.4) is 0 Å². The summed E-state index contributed by atoms with van der Waals surface area (Å²) < 4.78 is 41.4. The number of amides is 1. The van der Waals surface area contributed by atoms with Gasteiger partial charge in [0.25, 0.3) is 11.5 Å². The lowest BCUT2D eigenvalue weighted by molar-refractivity contribution is -0.138. The molecule has 2 aromatic rings. The molecule has 1 aromatic carbocycles. The number of piperidine rings is 1. The van der Waals surface area contributed by atoms with Crippen LogP contribution < -0.4 is 16.2 Å². The average molecular weight is 444 g/mol. The molecule has 1 fully saturated rings. The molecule has 2 heterocycles. The van der Waals surface area contributed by atoms with E-state index in [1.165, 1.54) is 25.1 Å². The Labute approximate surface area is 179 Å². The predicted octanol–water partition coefficient (Wildman–Crippen LogP) is 4.01. The number of aromatic nitrogens is 1. The summed E-state index contributed by atoms with van der Waals surface area (Å²) in [5.74, 6) is -0.666. The maximum Gasteiger partial charge on any atom is 0.416 e. The fraction of sp³-hybridized carbons (Fsp3) is 0.429. The fourth-order valence-electron chi connectivity index (χ4n) is 3.77. The standard InChI is InChI=1S/C21H24F3N3O2.ClH/c1-13-9-12-27(15-7-10-25-11-8-15)20(29)18(13)19(28)26-14(2)16-5-3-4-6-17(16)21(22,23)24;/h3-6,9,12,14-15,25H,7-8,10-11H2,1-2H3,(H,26,28);1H. The lowest BCUT2D eigenvalue weighted by Crippen LogP contribution is -2.39. The molecule has 0 aliphatic carbocycles. The second-order valence-corrected chi connectivity index (χ2v) is 7.35. The predicted molar refractivity (Wildman–Crippen MR) is 111 cm³/mol. The third kappa shape index (κ3) is 5.05. The van der Waals surface area contributed by atoms with E-state index in [2.05, 4.69) is 10.6 Å². The number of alkyl halides is 3. The first-order valence-electron chi connectivity index (χ1n) is 9.59. The Morgan fingerprint density at radius 3 is 2.47 bits per heavy atom. The van der Waals surface area contributed by atoms with Crippen LogP contribution >= 0.6 is 12.4 Å². The first-order chi connectivity index (χ1) is 13.7. The monoisotopic (exact) mass is 443 g/mol. The molecule has 1 amide bonds. The van der Waals surface area contributed by atoms with E-state index in [0.29, 0.717) is 5.56 Å². The molecule has 1 saturated heterocycles. The van der Waals surface area contributed by atoms with Crippen LogP contribution in [-0.4, -0.2) is 23.6 Å². The van der Waals surface area contributed by atoms with Gasteiger partial charge in [-0.1, -0.05) is 18.2 Å². The Morgan fingerprint density at radius 2 is 1.83 bits per heavy atom. The lowest BCUT2D eigenvalue weighted by atomic mass is 10.00. The lowest BCUT2D eigenvalue weighted by Gasteiger charge is -2.25. The van der Waals surface area contributed by atoms with Gasteiger partial charge >= 0.3 is 6.18 Å². The molecule has 30 heavy (non-hydrogen) atoms. The van der Waals surface area contributed by atoms with E-state index >= 15 is 0 Å². The van der Waals surface area contributed by atoms with Crippen molar-refractivity contribution in [2.75, 3.05) is 13.1 Å². The molecule has 3 rings (SSSR count). The fourth-order valence-corrected chi connectivity index (χ4v) is 3.77. The van der Waals surface area contributed by atoms with Gasteiger partial charge in [-0.3, -0.25) is 9.59 Å². The second-order valence-electron chi connectivity index (χ2n) is 7.35. The molecular weight excluding hydrogens is 419 g/mol. The van der Waals surface area contributed by atoms with Crippen molar-refractivity contribution in [2.24, 2.45) is 0 Å². The SMILES string of the molecule is Cc1ccn(C2CCNCC2)c(=O)c1C(=O)NC(C)c1ccccc1C(F)(F)F.Cl. The highest BCUT2D eigenvalue weighted by atomic mass is 35.5. The molecule has 164 valence electrons. The van der Waals surface area contributed by atoms with Crippen molar-refractivity contribution in [1.82, 2.24) is 15.2 Å². The number of nitrogens with zero attached hydrogens (tertiary/aromatic N) is 1. The van der Waals surface area contributed by atoms with Crippen molar-refractivity contribution in [3.63, 3.8) is 0 Å². The van der Waals surface area contributed by atoms with E-state index in [1.807, 2.05) is 0 Å². The van der Waals surface area contributed by atoms with Gasteiger partial charge in [-0.2, -0.15) is 13.2 Å². The number of aryl methyl sites for hydroxylation is 1. The Hall–Kier alpha value is -2.32. The zero-order chi connectivity index (χ0) is 21.2. The second kappa shape index (κ2) is 9.66. The van der Waals surface area contributed by atoms with Crippen molar-refractivity contribution in [3.8, 4) is 0 Å². The summed E-state index contributed by atoms with van der Waals surface area (Å²) in [6, 6.07) is 5.90. The van der Waals surface area contributed by atoms with E-state index < -0.39 is 29.2 Å². The maximum atomic E-state index is 13.3. The van der Waals surface area contributed by atoms with Gasteiger partial charge in [0.2, 0.25) is 0 Å². The van der Waals surface area contributed by atoms with Gasteiger partial charge in [-0.25, -0.2) is 0 Å². The smallest absolute Gasteiger partial charge is 0.345 e. The number of carbonyl (C=O) groups excluding carboxylic acids is 1. The number of hydrogen-bond acceptors (Lipinski definition) is 3. The van der Waals surface area contributed by atoms with Crippen molar-refractivity contribution in [3.05, 3.63) is 69.1 Å². The first kappa shape index (κ1) is 24.0. The highest BCUT2D eigenvalue weighted by Crippen LogP contribution is 2.34. The van der Waals surface area contributed by atoms with Gasteiger partial charge in [-0.15, -0.1) is 12.4 Å². The van der Waals surface area contributed by atoms with E-state index in [1.54, 1.807) is 23.8 Å². The van der Waals surface area contributed by atoms with Gasteiger partial charge in [0.05, 0.1) is 11.6 Å². The third-order valence-corrected chi connectivity index (χ3v) is 5.34. The van der Waals surface area contributed by atoms with Gasteiger partial charge < -0.3 is 15.2 Å². The molecule has 1 atom stereocenters. The van der Waals surface area contributed by atoms with E-state index in [9.17, 15) is 22.8 Å². The van der Waals surface area contributed by atoms with Crippen LogP contribution in [-0.2, 0) is 6.18 Å². The molecule has 0 radical (unpaired) electrons. The summed E-state index contributed by atoms with van der Waals surface area (Å²) in [4.78, 5) is 25.8. The van der Waals surface area contributed by atoms with Crippen LogP contribution in [0.15, 0.2) is 41.3 Å². The zero-order valence-corrected chi connectivity index (χ0v) is 17.6. The molecule has 9 heteroatoms. The average Bonchev–Trinajstić information content (AvgIpc) is 2.68. The highest BCUT2D eigenvalue weighted by Gasteiger charge is 2.34. The van der Waals surface area contributed by atoms with Gasteiger partial charge in [-0.05, 0) is 63.0 Å². The summed E-state index contributed by atoms with van der Waals surface area (Å²) in [5.41, 5.74) is -0.785. The summed E-state index contributed by atoms with van der Waals surface area (Å²) >= 11 is 0. The van der Waals surface area contributed by atoms with Gasteiger partial charge in [0, 0.05) is 12.2 Å². The largest absolute Gasteiger partial charge is 0.416 e. The number of rotatable bonds is 4. The van der Waals surface area contributed by atoms with Crippen LogP contribution in [0.25, 0.3) is 0 Å². The minimum absolute atomic E-state index is 0. The molecule has 1 aliphatic heterocycles. The number of hydrogen-bond donors (Lipinski definition) is 2. The normalized spacial score (nSPS) is 15.9. The highest BCUT2D eigenvalue weighted by molar-refractivity contribution is 5.95. The van der Waals surface area contributed by atoms with E-state index in [0.717, 1.165) is 32.0 Å². The Balaban J connectivity index is 0.00000320. The minimum Gasteiger partial charge on any atom is -0.345 e. The van der Waals surface area contributed by atoms with E-state index in [4.69, 9.17) is 0 Å².